The molecule has 2 aromatic carbocycles. The van der Waals surface area contributed by atoms with Crippen LogP contribution in [-0.4, -0.2) is 38.5 Å². The molecule has 0 saturated carbocycles. The van der Waals surface area contributed by atoms with E-state index in [2.05, 4.69) is 77.3 Å². The highest BCUT2D eigenvalue weighted by Gasteiger charge is 2.51. The molecule has 0 spiro atoms. The van der Waals surface area contributed by atoms with Crippen LogP contribution in [0.25, 0.3) is 10.9 Å². The Bertz CT molecular complexity index is 1330. The second-order valence-corrected chi connectivity index (χ2v) is 15.1. The van der Waals surface area contributed by atoms with E-state index in [9.17, 15) is 9.90 Å². The number of thioether (sulfide) groups is 1. The first-order valence-corrected chi connectivity index (χ1v) is 14.2. The summed E-state index contributed by atoms with van der Waals surface area (Å²) in [5, 5.41) is 11.4. The Morgan fingerprint density at radius 3 is 2.08 bits per heavy atom. The largest absolute Gasteiger partial charge is 0.508 e. The van der Waals surface area contributed by atoms with E-state index in [0.717, 1.165) is 32.5 Å². The van der Waals surface area contributed by atoms with E-state index in [0.29, 0.717) is 13.0 Å². The maximum atomic E-state index is 12.6. The molecule has 1 N–H and O–H groups in total. The van der Waals surface area contributed by atoms with Crippen molar-refractivity contribution in [2.75, 3.05) is 0 Å². The first-order chi connectivity index (χ1) is 17.4. The number of aromatic nitrogens is 1. The highest BCUT2D eigenvalue weighted by molar-refractivity contribution is 8.00. The third kappa shape index (κ3) is 5.70. The standard InChI is InChI=1S/C31H42BNO4S/c1-20(34)29(5,6)18-26-27(38-28(2,3)4)24-17-23(35)15-16-25(24)33(26)19-21-11-13-22(14-12-21)32-36-30(7,8)31(9,10)37-32/h11-17,35H,18-19H2,1-10H3. The van der Waals surface area contributed by atoms with Gasteiger partial charge in [-0.1, -0.05) is 58.9 Å². The Labute approximate surface area is 232 Å². The van der Waals surface area contributed by atoms with Crippen LogP contribution in [-0.2, 0) is 27.1 Å². The van der Waals surface area contributed by atoms with Crippen LogP contribution in [0.5, 0.6) is 5.75 Å². The molecule has 0 aliphatic carbocycles. The number of fused-ring (bicyclic) bond motifs is 1. The zero-order chi connectivity index (χ0) is 28.3. The summed E-state index contributed by atoms with van der Waals surface area (Å²) in [5.74, 6) is 0.408. The fraction of sp³-hybridized carbons (Fsp3) is 0.516. The van der Waals surface area contributed by atoms with Crippen LogP contribution >= 0.6 is 11.8 Å². The minimum atomic E-state index is -0.512. The van der Waals surface area contributed by atoms with Crippen molar-refractivity contribution < 1.29 is 19.2 Å². The Balaban J connectivity index is 1.76. The van der Waals surface area contributed by atoms with Crippen LogP contribution < -0.4 is 5.46 Å². The minimum Gasteiger partial charge on any atom is -0.508 e. The smallest absolute Gasteiger partial charge is 0.494 e. The number of hydrogen-bond acceptors (Lipinski definition) is 5. The first-order valence-electron chi connectivity index (χ1n) is 13.4. The number of phenols is 1. The summed E-state index contributed by atoms with van der Waals surface area (Å²) in [6, 6.07) is 14.0. The highest BCUT2D eigenvalue weighted by Crippen LogP contribution is 2.44. The molecule has 0 bridgehead atoms. The fourth-order valence-electron chi connectivity index (χ4n) is 4.63. The van der Waals surface area contributed by atoms with Crippen molar-refractivity contribution in [3.8, 4) is 5.75 Å². The summed E-state index contributed by atoms with van der Waals surface area (Å²) < 4.78 is 14.8. The summed E-state index contributed by atoms with van der Waals surface area (Å²) in [6.07, 6.45) is 0.613. The van der Waals surface area contributed by atoms with Gasteiger partial charge in [-0.3, -0.25) is 4.79 Å². The Hall–Kier alpha value is -2.22. The number of phenolic OH excluding ortho intramolecular Hbond substituents is 1. The number of ketones is 1. The Kier molecular flexibility index (Phi) is 7.39. The molecule has 1 fully saturated rings. The molecule has 1 aliphatic heterocycles. The van der Waals surface area contributed by atoms with Crippen LogP contribution in [0.4, 0.5) is 0 Å². The molecule has 7 heteroatoms. The number of carbonyl (C=O) groups excluding carboxylic acids is 1. The predicted octanol–water partition coefficient (Wildman–Crippen LogP) is 6.74. The molecule has 1 saturated heterocycles. The van der Waals surface area contributed by atoms with Crippen LogP contribution in [0.2, 0.25) is 0 Å². The molecule has 204 valence electrons. The second-order valence-electron chi connectivity index (χ2n) is 13.2. The van der Waals surface area contributed by atoms with Crippen molar-refractivity contribution in [3.63, 3.8) is 0 Å². The number of nitrogens with zero attached hydrogens (tertiary/aromatic N) is 1. The monoisotopic (exact) mass is 535 g/mol. The van der Waals surface area contributed by atoms with Crippen molar-refractivity contribution in [2.45, 2.75) is 103 Å². The number of rotatable bonds is 7. The summed E-state index contributed by atoms with van der Waals surface area (Å²) >= 11 is 1.79. The van der Waals surface area contributed by atoms with Gasteiger partial charge in [0.1, 0.15) is 11.5 Å². The van der Waals surface area contributed by atoms with Gasteiger partial charge in [0, 0.05) is 44.6 Å². The molecular formula is C31H42BNO4S. The molecule has 0 atom stereocenters. The van der Waals surface area contributed by atoms with E-state index in [-0.39, 0.29) is 27.5 Å². The third-order valence-corrected chi connectivity index (χ3v) is 9.19. The van der Waals surface area contributed by atoms with Gasteiger partial charge >= 0.3 is 7.12 Å². The van der Waals surface area contributed by atoms with E-state index in [1.807, 2.05) is 26.0 Å². The van der Waals surface area contributed by atoms with E-state index < -0.39 is 12.5 Å². The van der Waals surface area contributed by atoms with Crippen molar-refractivity contribution in [1.29, 1.82) is 0 Å². The van der Waals surface area contributed by atoms with Crippen LogP contribution in [0.3, 0.4) is 0 Å². The number of benzene rings is 2. The topological polar surface area (TPSA) is 60.7 Å². The summed E-state index contributed by atoms with van der Waals surface area (Å²) in [7, 11) is -0.397. The number of carbonyl (C=O) groups is 1. The Morgan fingerprint density at radius 2 is 1.55 bits per heavy atom. The lowest BCUT2D eigenvalue weighted by Gasteiger charge is -2.32. The fourth-order valence-corrected chi connectivity index (χ4v) is 5.81. The van der Waals surface area contributed by atoms with Crippen LogP contribution in [0.1, 0.15) is 80.5 Å². The maximum absolute atomic E-state index is 12.6. The van der Waals surface area contributed by atoms with Crippen LogP contribution in [0.15, 0.2) is 47.4 Å². The van der Waals surface area contributed by atoms with Gasteiger partial charge in [-0.2, -0.15) is 0 Å². The summed E-state index contributed by atoms with van der Waals surface area (Å²) in [6.45, 7) is 21.2. The molecular weight excluding hydrogens is 493 g/mol. The van der Waals surface area contributed by atoms with Gasteiger partial charge in [0.15, 0.2) is 0 Å². The number of hydrogen-bond donors (Lipinski definition) is 1. The lowest BCUT2D eigenvalue weighted by atomic mass is 9.79. The van der Waals surface area contributed by atoms with Gasteiger partial charge in [0.2, 0.25) is 0 Å². The normalized spacial score (nSPS) is 17.4. The number of Topliss-reactive ketones (excluding diaryl/α,β-unsaturated/α-hetero) is 1. The molecule has 1 aliphatic rings. The molecule has 0 unspecified atom stereocenters. The summed E-state index contributed by atoms with van der Waals surface area (Å²) in [5.41, 5.74) is 3.04. The van der Waals surface area contributed by atoms with Gasteiger partial charge in [0.05, 0.1) is 11.2 Å². The van der Waals surface area contributed by atoms with E-state index in [1.54, 1.807) is 24.8 Å². The predicted molar refractivity (Wildman–Crippen MR) is 159 cm³/mol. The van der Waals surface area contributed by atoms with Gasteiger partial charge < -0.3 is 19.0 Å². The van der Waals surface area contributed by atoms with Crippen LogP contribution in [0, 0.1) is 5.41 Å². The van der Waals surface area contributed by atoms with E-state index in [1.165, 1.54) is 0 Å². The van der Waals surface area contributed by atoms with Gasteiger partial charge in [-0.05, 0) is 63.8 Å². The second kappa shape index (κ2) is 9.76. The van der Waals surface area contributed by atoms with Crippen molar-refractivity contribution in [2.24, 2.45) is 5.41 Å². The molecule has 4 rings (SSSR count). The molecule has 2 heterocycles. The summed E-state index contributed by atoms with van der Waals surface area (Å²) in [4.78, 5) is 13.7. The molecule has 0 radical (unpaired) electrons. The SMILES string of the molecule is CC(=O)C(C)(C)Cc1c(SC(C)(C)C)c2cc(O)ccc2n1Cc1ccc(B2OC(C)(C)C(C)(C)O2)cc1. The van der Waals surface area contributed by atoms with Gasteiger partial charge in [-0.25, -0.2) is 0 Å². The molecule has 1 aromatic heterocycles. The maximum Gasteiger partial charge on any atom is 0.494 e. The van der Waals surface area contributed by atoms with Crippen molar-refractivity contribution in [3.05, 3.63) is 53.7 Å². The third-order valence-electron chi connectivity index (χ3n) is 7.92. The average Bonchev–Trinajstić information content (AvgIpc) is 3.16. The average molecular weight is 536 g/mol. The minimum absolute atomic E-state index is 0.0375. The van der Waals surface area contributed by atoms with E-state index >= 15 is 0 Å². The zero-order valence-corrected chi connectivity index (χ0v) is 25.4. The molecule has 5 nitrogen and oxygen atoms in total. The van der Waals surface area contributed by atoms with Gasteiger partial charge in [0.25, 0.3) is 0 Å². The first kappa shape index (κ1) is 28.8. The number of aromatic hydroxyl groups is 1. The van der Waals surface area contributed by atoms with Gasteiger partial charge in [-0.15, -0.1) is 11.8 Å². The molecule has 3 aromatic rings. The van der Waals surface area contributed by atoms with Crippen molar-refractivity contribution >= 4 is 41.0 Å². The Morgan fingerprint density at radius 1 is 0.974 bits per heavy atom. The lowest BCUT2D eigenvalue weighted by molar-refractivity contribution is -0.124. The molecule has 0 amide bonds. The van der Waals surface area contributed by atoms with E-state index in [4.69, 9.17) is 9.31 Å². The zero-order valence-electron chi connectivity index (χ0n) is 24.6. The molecule has 38 heavy (non-hydrogen) atoms. The van der Waals surface area contributed by atoms with Crippen molar-refractivity contribution in [1.82, 2.24) is 4.57 Å². The lowest BCUT2D eigenvalue weighted by Crippen LogP contribution is -2.41. The highest BCUT2D eigenvalue weighted by atomic mass is 32.2. The quantitative estimate of drug-likeness (QED) is 0.268.